The van der Waals surface area contributed by atoms with Gasteiger partial charge in [-0.1, -0.05) is 49.4 Å². The van der Waals surface area contributed by atoms with E-state index < -0.39 is 0 Å². The smallest absolute Gasteiger partial charge is 0.0236 e. The molecule has 1 unspecified atom stereocenters. The number of hydrogen-bond donors (Lipinski definition) is 1. The molecule has 0 amide bonds. The lowest BCUT2D eigenvalue weighted by Crippen LogP contribution is -2.23. The Morgan fingerprint density at radius 1 is 1.11 bits per heavy atom. The van der Waals surface area contributed by atoms with Crippen LogP contribution in [-0.2, 0) is 6.54 Å². The molecule has 2 nitrogen and oxygen atoms in total. The molecule has 2 heteroatoms. The minimum absolute atomic E-state index is 0.606. The molecule has 102 valence electrons. The van der Waals surface area contributed by atoms with Crippen LogP contribution in [0.25, 0.3) is 10.8 Å². The van der Waals surface area contributed by atoms with Crippen molar-refractivity contribution < 1.29 is 0 Å². The van der Waals surface area contributed by atoms with Crippen LogP contribution in [0.4, 0.5) is 0 Å². The monoisotopic (exact) mass is 256 g/mol. The largest absolute Gasteiger partial charge is 0.330 e. The highest BCUT2D eigenvalue weighted by Gasteiger charge is 2.06. The molecule has 0 fully saturated rings. The molecule has 19 heavy (non-hydrogen) atoms. The van der Waals surface area contributed by atoms with Crippen molar-refractivity contribution in [3.05, 3.63) is 48.0 Å². The second kappa shape index (κ2) is 6.69. The summed E-state index contributed by atoms with van der Waals surface area (Å²) < 4.78 is 0. The van der Waals surface area contributed by atoms with E-state index in [1.54, 1.807) is 0 Å². The maximum Gasteiger partial charge on any atom is 0.0236 e. The van der Waals surface area contributed by atoms with Crippen LogP contribution in [0.15, 0.2) is 42.5 Å². The molecule has 0 aliphatic rings. The van der Waals surface area contributed by atoms with Crippen molar-refractivity contribution in [3.8, 4) is 0 Å². The lowest BCUT2D eigenvalue weighted by Gasteiger charge is -2.19. The summed E-state index contributed by atoms with van der Waals surface area (Å²) in [6, 6.07) is 15.1. The molecule has 2 aromatic rings. The van der Waals surface area contributed by atoms with Gasteiger partial charge in [-0.3, -0.25) is 0 Å². The van der Waals surface area contributed by atoms with Crippen molar-refractivity contribution in [3.63, 3.8) is 0 Å². The molecule has 1 atom stereocenters. The van der Waals surface area contributed by atoms with Gasteiger partial charge in [-0.25, -0.2) is 0 Å². The quantitative estimate of drug-likeness (QED) is 0.859. The van der Waals surface area contributed by atoms with E-state index in [2.05, 4.69) is 61.3 Å². The second-order valence-corrected chi connectivity index (χ2v) is 5.51. The summed E-state index contributed by atoms with van der Waals surface area (Å²) >= 11 is 0. The summed E-state index contributed by atoms with van der Waals surface area (Å²) in [5.41, 5.74) is 7.07. The van der Waals surface area contributed by atoms with E-state index in [9.17, 15) is 0 Å². The summed E-state index contributed by atoms with van der Waals surface area (Å²) in [5, 5.41) is 2.69. The lowest BCUT2D eigenvalue weighted by atomic mass is 10.0. The van der Waals surface area contributed by atoms with E-state index in [-0.39, 0.29) is 0 Å². The van der Waals surface area contributed by atoms with E-state index in [1.807, 2.05) is 0 Å². The van der Waals surface area contributed by atoms with Crippen LogP contribution in [0, 0.1) is 5.92 Å². The van der Waals surface area contributed by atoms with Crippen molar-refractivity contribution in [1.82, 2.24) is 4.90 Å². The van der Waals surface area contributed by atoms with Crippen molar-refractivity contribution in [1.29, 1.82) is 0 Å². The highest BCUT2D eigenvalue weighted by molar-refractivity contribution is 5.85. The number of nitrogens with zero attached hydrogens (tertiary/aromatic N) is 1. The van der Waals surface area contributed by atoms with Crippen molar-refractivity contribution in [2.24, 2.45) is 11.7 Å². The normalized spacial score (nSPS) is 13.1. The first-order chi connectivity index (χ1) is 9.20. The zero-order chi connectivity index (χ0) is 13.7. The Bertz CT molecular complexity index is 516. The maximum absolute atomic E-state index is 5.67. The average Bonchev–Trinajstić information content (AvgIpc) is 2.45. The van der Waals surface area contributed by atoms with E-state index in [4.69, 9.17) is 5.73 Å². The van der Waals surface area contributed by atoms with Gasteiger partial charge >= 0.3 is 0 Å². The molecule has 0 aliphatic carbocycles. The van der Waals surface area contributed by atoms with Crippen molar-refractivity contribution in [2.75, 3.05) is 20.1 Å². The molecule has 2 rings (SSSR count). The Kier molecular flexibility index (Phi) is 4.94. The predicted octanol–water partition coefficient (Wildman–Crippen LogP) is 3.26. The third-order valence-corrected chi connectivity index (χ3v) is 3.73. The zero-order valence-corrected chi connectivity index (χ0v) is 12.0. The maximum atomic E-state index is 5.67. The van der Waals surface area contributed by atoms with Crippen LogP contribution >= 0.6 is 0 Å². The Balaban J connectivity index is 2.04. The minimum Gasteiger partial charge on any atom is -0.330 e. The van der Waals surface area contributed by atoms with Gasteiger partial charge in [-0.05, 0) is 48.8 Å². The van der Waals surface area contributed by atoms with E-state index in [0.717, 1.165) is 26.1 Å². The van der Waals surface area contributed by atoms with Gasteiger partial charge in [-0.15, -0.1) is 0 Å². The standard InChI is InChI=1S/C17H24N2/c1-14(12-18)10-11-19(2)13-16-8-5-7-15-6-3-4-9-17(15)16/h3-9,14H,10-13,18H2,1-2H3. The van der Waals surface area contributed by atoms with E-state index in [0.29, 0.717) is 5.92 Å². The van der Waals surface area contributed by atoms with E-state index >= 15 is 0 Å². The number of fused-ring (bicyclic) bond motifs is 1. The van der Waals surface area contributed by atoms with Crippen LogP contribution in [0.3, 0.4) is 0 Å². The molecular weight excluding hydrogens is 232 g/mol. The summed E-state index contributed by atoms with van der Waals surface area (Å²) in [5.74, 6) is 0.606. The number of rotatable bonds is 6. The summed E-state index contributed by atoms with van der Waals surface area (Å²) in [7, 11) is 2.19. The third-order valence-electron chi connectivity index (χ3n) is 3.73. The highest BCUT2D eigenvalue weighted by atomic mass is 15.1. The first-order valence-corrected chi connectivity index (χ1v) is 7.06. The van der Waals surface area contributed by atoms with Crippen LogP contribution in [-0.4, -0.2) is 25.0 Å². The van der Waals surface area contributed by atoms with Crippen LogP contribution in [0.1, 0.15) is 18.9 Å². The second-order valence-electron chi connectivity index (χ2n) is 5.51. The SMILES string of the molecule is CC(CN)CCN(C)Cc1cccc2ccccc12. The van der Waals surface area contributed by atoms with Gasteiger partial charge in [0.25, 0.3) is 0 Å². The number of hydrogen-bond acceptors (Lipinski definition) is 2. The van der Waals surface area contributed by atoms with Gasteiger partial charge in [-0.2, -0.15) is 0 Å². The first-order valence-electron chi connectivity index (χ1n) is 7.06. The molecule has 0 bridgehead atoms. The van der Waals surface area contributed by atoms with Crippen molar-refractivity contribution >= 4 is 10.8 Å². The third kappa shape index (κ3) is 3.79. The molecule has 0 spiro atoms. The van der Waals surface area contributed by atoms with Gasteiger partial charge in [0.15, 0.2) is 0 Å². The molecule has 0 saturated heterocycles. The fourth-order valence-electron chi connectivity index (χ4n) is 2.36. The topological polar surface area (TPSA) is 29.3 Å². The number of benzene rings is 2. The van der Waals surface area contributed by atoms with Crippen molar-refractivity contribution in [2.45, 2.75) is 19.9 Å². The van der Waals surface area contributed by atoms with Gasteiger partial charge in [0, 0.05) is 6.54 Å². The molecule has 2 N–H and O–H groups in total. The zero-order valence-electron chi connectivity index (χ0n) is 12.0. The van der Waals surface area contributed by atoms with Gasteiger partial charge in [0.1, 0.15) is 0 Å². The molecule has 0 saturated carbocycles. The summed E-state index contributed by atoms with van der Waals surface area (Å²) in [4.78, 5) is 2.38. The number of nitrogens with two attached hydrogens (primary N) is 1. The molecule has 0 heterocycles. The van der Waals surface area contributed by atoms with Gasteiger partial charge in [0.2, 0.25) is 0 Å². The fourth-order valence-corrected chi connectivity index (χ4v) is 2.36. The Morgan fingerprint density at radius 3 is 2.63 bits per heavy atom. The van der Waals surface area contributed by atoms with Crippen LogP contribution in [0.5, 0.6) is 0 Å². The molecule has 0 aromatic heterocycles. The average molecular weight is 256 g/mol. The first kappa shape index (κ1) is 14.0. The Labute approximate surface area is 116 Å². The fraction of sp³-hybridized carbons (Fsp3) is 0.412. The molecule has 2 aromatic carbocycles. The molecule has 0 aliphatic heterocycles. The van der Waals surface area contributed by atoms with Crippen LogP contribution in [0.2, 0.25) is 0 Å². The lowest BCUT2D eigenvalue weighted by molar-refractivity contribution is 0.301. The van der Waals surface area contributed by atoms with Gasteiger partial charge < -0.3 is 10.6 Å². The summed E-state index contributed by atoms with van der Waals surface area (Å²) in [6.45, 7) is 5.09. The van der Waals surface area contributed by atoms with Crippen LogP contribution < -0.4 is 5.73 Å². The summed E-state index contributed by atoms with van der Waals surface area (Å²) in [6.07, 6.45) is 1.16. The molecular formula is C17H24N2. The Hall–Kier alpha value is -1.38. The van der Waals surface area contributed by atoms with Gasteiger partial charge in [0.05, 0.1) is 0 Å². The predicted molar refractivity (Wildman–Crippen MR) is 83.1 cm³/mol. The molecule has 0 radical (unpaired) electrons. The Morgan fingerprint density at radius 2 is 1.84 bits per heavy atom. The minimum atomic E-state index is 0.606. The van der Waals surface area contributed by atoms with E-state index in [1.165, 1.54) is 16.3 Å². The highest BCUT2D eigenvalue weighted by Crippen LogP contribution is 2.19.